The molecule has 156 valence electrons. The molecule has 0 bridgehead atoms. The standard InChI is InChI=1S/C18H28N6O3.ClH/c1-22-7-9-23(10-8-22)17(18-19-20-21-24(18)11-12-25-2)15-13-14(26-3)5-6-16(15)27-4;/h5-6,13,17H,7-12H2,1-4H3;1H. The monoisotopic (exact) mass is 412 g/mol. The molecule has 0 aliphatic carbocycles. The number of hydrogen-bond donors (Lipinski definition) is 0. The number of hydrogen-bond acceptors (Lipinski definition) is 8. The fourth-order valence-electron chi connectivity index (χ4n) is 3.38. The normalized spacial score (nSPS) is 16.4. The topological polar surface area (TPSA) is 77.8 Å². The van der Waals surface area contributed by atoms with Crippen molar-refractivity contribution in [2.75, 3.05) is 61.2 Å². The molecule has 1 atom stereocenters. The Morgan fingerprint density at radius 2 is 1.82 bits per heavy atom. The van der Waals surface area contributed by atoms with Gasteiger partial charge < -0.3 is 19.1 Å². The minimum atomic E-state index is -0.129. The Morgan fingerprint density at radius 1 is 1.07 bits per heavy atom. The van der Waals surface area contributed by atoms with Crippen molar-refractivity contribution in [1.29, 1.82) is 0 Å². The van der Waals surface area contributed by atoms with Crippen molar-refractivity contribution >= 4 is 12.4 Å². The Morgan fingerprint density at radius 3 is 2.46 bits per heavy atom. The minimum absolute atomic E-state index is 0. The van der Waals surface area contributed by atoms with Crippen molar-refractivity contribution in [1.82, 2.24) is 30.0 Å². The van der Waals surface area contributed by atoms with E-state index in [2.05, 4.69) is 32.4 Å². The Balaban J connectivity index is 0.00000280. The number of nitrogens with zero attached hydrogens (tertiary/aromatic N) is 6. The minimum Gasteiger partial charge on any atom is -0.497 e. The van der Waals surface area contributed by atoms with Crippen LogP contribution in [0, 0.1) is 0 Å². The number of aromatic nitrogens is 4. The van der Waals surface area contributed by atoms with Crippen LogP contribution in [0.5, 0.6) is 11.5 Å². The van der Waals surface area contributed by atoms with Crippen LogP contribution >= 0.6 is 12.4 Å². The molecule has 1 aromatic heterocycles. The highest BCUT2D eigenvalue weighted by Crippen LogP contribution is 2.36. The molecule has 0 saturated carbocycles. The van der Waals surface area contributed by atoms with Gasteiger partial charge in [-0.05, 0) is 35.7 Å². The van der Waals surface area contributed by atoms with E-state index in [0.29, 0.717) is 13.2 Å². The predicted molar refractivity (Wildman–Crippen MR) is 107 cm³/mol. The predicted octanol–water partition coefficient (Wildman–Crippen LogP) is 1.10. The van der Waals surface area contributed by atoms with E-state index < -0.39 is 0 Å². The second kappa shape index (κ2) is 10.6. The largest absolute Gasteiger partial charge is 0.497 e. The van der Waals surface area contributed by atoms with Gasteiger partial charge in [-0.25, -0.2) is 4.68 Å². The Bertz CT molecular complexity index is 736. The molecule has 1 unspecified atom stereocenters. The average Bonchev–Trinajstić information content (AvgIpc) is 3.16. The van der Waals surface area contributed by atoms with Crippen molar-refractivity contribution < 1.29 is 14.2 Å². The first-order valence-corrected chi connectivity index (χ1v) is 9.07. The summed E-state index contributed by atoms with van der Waals surface area (Å²) in [6, 6.07) is 5.71. The molecule has 9 nitrogen and oxygen atoms in total. The number of piperazine rings is 1. The van der Waals surface area contributed by atoms with Gasteiger partial charge in [-0.3, -0.25) is 4.90 Å². The summed E-state index contributed by atoms with van der Waals surface area (Å²) < 4.78 is 18.1. The van der Waals surface area contributed by atoms with Gasteiger partial charge in [-0.1, -0.05) is 0 Å². The molecule has 2 heterocycles. The van der Waals surface area contributed by atoms with Crippen LogP contribution in [-0.4, -0.2) is 91.2 Å². The van der Waals surface area contributed by atoms with Crippen molar-refractivity contribution in [3.05, 3.63) is 29.6 Å². The van der Waals surface area contributed by atoms with E-state index in [1.54, 1.807) is 21.3 Å². The van der Waals surface area contributed by atoms with Crippen LogP contribution in [0.2, 0.25) is 0 Å². The molecule has 3 rings (SSSR count). The van der Waals surface area contributed by atoms with Crippen LogP contribution in [0.1, 0.15) is 17.4 Å². The zero-order valence-electron chi connectivity index (χ0n) is 16.9. The fraction of sp³-hybridized carbons (Fsp3) is 0.611. The van der Waals surface area contributed by atoms with Gasteiger partial charge in [0, 0.05) is 38.9 Å². The van der Waals surface area contributed by atoms with Crippen LogP contribution in [0.4, 0.5) is 0 Å². The quantitative estimate of drug-likeness (QED) is 0.637. The number of benzene rings is 1. The zero-order valence-corrected chi connectivity index (χ0v) is 17.7. The Hall–Kier alpha value is -1.94. The lowest BCUT2D eigenvalue weighted by Gasteiger charge is -2.37. The van der Waals surface area contributed by atoms with Gasteiger partial charge in [-0.15, -0.1) is 17.5 Å². The lowest BCUT2D eigenvalue weighted by atomic mass is 10.0. The number of rotatable bonds is 8. The molecule has 2 aromatic rings. The summed E-state index contributed by atoms with van der Waals surface area (Å²) in [5.41, 5.74) is 0.995. The summed E-state index contributed by atoms with van der Waals surface area (Å²) in [5.74, 6) is 2.35. The SMILES string of the molecule is COCCn1nnnc1C(c1cc(OC)ccc1OC)N1CCN(C)CC1.Cl. The number of tetrazole rings is 1. The van der Waals surface area contributed by atoms with Gasteiger partial charge >= 0.3 is 0 Å². The average molecular weight is 413 g/mol. The molecule has 0 spiro atoms. The van der Waals surface area contributed by atoms with E-state index in [9.17, 15) is 0 Å². The third-order valence-corrected chi connectivity index (χ3v) is 4.95. The van der Waals surface area contributed by atoms with Gasteiger partial charge in [0.25, 0.3) is 0 Å². The van der Waals surface area contributed by atoms with E-state index >= 15 is 0 Å². The molecule has 1 fully saturated rings. The summed E-state index contributed by atoms with van der Waals surface area (Å²) in [6.45, 7) is 4.94. The van der Waals surface area contributed by atoms with Crippen molar-refractivity contribution in [2.24, 2.45) is 0 Å². The smallest absolute Gasteiger partial charge is 0.173 e. The summed E-state index contributed by atoms with van der Waals surface area (Å²) in [5, 5.41) is 12.5. The molecule has 0 radical (unpaired) electrons. The summed E-state index contributed by atoms with van der Waals surface area (Å²) in [4.78, 5) is 4.72. The molecule has 1 aliphatic heterocycles. The summed E-state index contributed by atoms with van der Waals surface area (Å²) in [7, 11) is 7.16. The van der Waals surface area contributed by atoms with E-state index in [1.165, 1.54) is 0 Å². The molecule has 10 heteroatoms. The number of methoxy groups -OCH3 is 3. The Kier molecular flexibility index (Phi) is 8.43. The van der Waals surface area contributed by atoms with Crippen LogP contribution < -0.4 is 9.47 Å². The summed E-state index contributed by atoms with van der Waals surface area (Å²) in [6.07, 6.45) is 0. The van der Waals surface area contributed by atoms with Crippen molar-refractivity contribution in [3.63, 3.8) is 0 Å². The van der Waals surface area contributed by atoms with Crippen LogP contribution in [0.3, 0.4) is 0 Å². The molecule has 1 aliphatic rings. The first-order chi connectivity index (χ1) is 13.2. The van der Waals surface area contributed by atoms with Crippen LogP contribution in [0.25, 0.3) is 0 Å². The highest BCUT2D eigenvalue weighted by atomic mass is 35.5. The number of ether oxygens (including phenoxy) is 3. The fourth-order valence-corrected chi connectivity index (χ4v) is 3.38. The van der Waals surface area contributed by atoms with Gasteiger partial charge in [-0.2, -0.15) is 0 Å². The van der Waals surface area contributed by atoms with E-state index in [4.69, 9.17) is 14.2 Å². The van der Waals surface area contributed by atoms with Gasteiger partial charge in [0.1, 0.15) is 17.5 Å². The van der Waals surface area contributed by atoms with Crippen molar-refractivity contribution in [2.45, 2.75) is 12.6 Å². The summed E-state index contributed by atoms with van der Waals surface area (Å²) >= 11 is 0. The second-order valence-corrected chi connectivity index (χ2v) is 6.60. The molecule has 1 saturated heterocycles. The molecule has 1 aromatic carbocycles. The third-order valence-electron chi connectivity index (χ3n) is 4.95. The maximum Gasteiger partial charge on any atom is 0.173 e. The molecule has 0 amide bonds. The highest BCUT2D eigenvalue weighted by molar-refractivity contribution is 5.85. The second-order valence-electron chi connectivity index (χ2n) is 6.60. The van der Waals surface area contributed by atoms with Crippen LogP contribution in [-0.2, 0) is 11.3 Å². The molecular formula is C18H29ClN6O3. The lowest BCUT2D eigenvalue weighted by molar-refractivity contribution is 0.118. The first kappa shape index (κ1) is 22.4. The molecular weight excluding hydrogens is 384 g/mol. The van der Waals surface area contributed by atoms with Crippen LogP contribution in [0.15, 0.2) is 18.2 Å². The number of likely N-dealkylation sites (N-methyl/N-ethyl adjacent to an activating group) is 1. The maximum absolute atomic E-state index is 5.66. The molecule has 28 heavy (non-hydrogen) atoms. The lowest BCUT2D eigenvalue weighted by Crippen LogP contribution is -2.46. The van der Waals surface area contributed by atoms with Gasteiger partial charge in [0.05, 0.1) is 27.4 Å². The van der Waals surface area contributed by atoms with E-state index in [1.807, 2.05) is 22.9 Å². The Labute approximate surface area is 171 Å². The van der Waals surface area contributed by atoms with Gasteiger partial charge in [0.15, 0.2) is 5.82 Å². The number of halogens is 1. The molecule has 0 N–H and O–H groups in total. The third kappa shape index (κ3) is 4.91. The van der Waals surface area contributed by atoms with Crippen molar-refractivity contribution in [3.8, 4) is 11.5 Å². The maximum atomic E-state index is 5.66. The zero-order chi connectivity index (χ0) is 19.2. The van der Waals surface area contributed by atoms with Gasteiger partial charge in [0.2, 0.25) is 0 Å². The first-order valence-electron chi connectivity index (χ1n) is 9.07. The van der Waals surface area contributed by atoms with E-state index in [-0.39, 0.29) is 18.4 Å². The highest BCUT2D eigenvalue weighted by Gasteiger charge is 2.32. The van der Waals surface area contributed by atoms with E-state index in [0.717, 1.165) is 49.1 Å².